The van der Waals surface area contributed by atoms with Crippen molar-refractivity contribution in [1.82, 2.24) is 9.55 Å². The van der Waals surface area contributed by atoms with Crippen molar-refractivity contribution in [3.63, 3.8) is 0 Å². The molecule has 0 aliphatic rings. The van der Waals surface area contributed by atoms with Crippen LogP contribution in [0.15, 0.2) is 70.9 Å². The fraction of sp³-hybridized carbons (Fsp3) is 0.0500. The van der Waals surface area contributed by atoms with Crippen molar-refractivity contribution >= 4 is 22.3 Å². The average Bonchev–Trinajstić information content (AvgIpc) is 2.92. The molecule has 0 radical (unpaired) electrons. The Labute approximate surface area is 153 Å². The lowest BCUT2D eigenvalue weighted by Gasteiger charge is -2.06. The number of rotatable bonds is 3. The number of aryl methyl sites for hydroxylation is 1. The van der Waals surface area contributed by atoms with Gasteiger partial charge in [0, 0.05) is 11.1 Å². The summed E-state index contributed by atoms with van der Waals surface area (Å²) < 4.78 is 15.3. The third-order valence-electron chi connectivity index (χ3n) is 4.10. The van der Waals surface area contributed by atoms with E-state index in [2.05, 4.69) is 15.2 Å². The molecule has 0 aliphatic carbocycles. The fourth-order valence-electron chi connectivity index (χ4n) is 2.84. The van der Waals surface area contributed by atoms with Crippen LogP contribution in [0.5, 0.6) is 11.6 Å². The van der Waals surface area contributed by atoms with E-state index in [1.807, 2.05) is 13.0 Å². The van der Waals surface area contributed by atoms with Crippen molar-refractivity contribution in [2.24, 2.45) is 10.2 Å². The number of phenolic OH excluding ortho intramolecular Hbond substituents is 1. The van der Waals surface area contributed by atoms with Crippen LogP contribution in [0.4, 0.5) is 15.8 Å². The van der Waals surface area contributed by atoms with Gasteiger partial charge in [0.05, 0.1) is 11.2 Å². The number of benzene rings is 2. The number of phenols is 1. The molecule has 0 unspecified atom stereocenters. The molecule has 0 saturated heterocycles. The Kier molecular flexibility index (Phi) is 4.04. The van der Waals surface area contributed by atoms with Gasteiger partial charge in [0.25, 0.3) is 0 Å². The predicted octanol–water partition coefficient (Wildman–Crippen LogP) is 5.30. The molecule has 2 aromatic heterocycles. The molecule has 4 aromatic rings. The van der Waals surface area contributed by atoms with E-state index >= 15 is 0 Å². The van der Waals surface area contributed by atoms with Crippen LogP contribution in [0.1, 0.15) is 5.69 Å². The van der Waals surface area contributed by atoms with Crippen LogP contribution in [0.25, 0.3) is 16.7 Å². The molecule has 0 saturated carbocycles. The Morgan fingerprint density at radius 3 is 2.48 bits per heavy atom. The van der Waals surface area contributed by atoms with Crippen molar-refractivity contribution < 1.29 is 14.6 Å². The van der Waals surface area contributed by atoms with E-state index in [0.29, 0.717) is 22.4 Å². The van der Waals surface area contributed by atoms with Gasteiger partial charge in [-0.1, -0.05) is 6.07 Å². The second-order valence-corrected chi connectivity index (χ2v) is 6.02. The smallest absolute Gasteiger partial charge is 0.226 e. The molecular formula is C20H15FN4O2. The summed E-state index contributed by atoms with van der Waals surface area (Å²) in [6.07, 6.45) is 0. The molecule has 6 nitrogen and oxygen atoms in total. The van der Waals surface area contributed by atoms with Crippen molar-refractivity contribution in [1.29, 1.82) is 0 Å². The Bertz CT molecular complexity index is 1170. The van der Waals surface area contributed by atoms with E-state index in [1.54, 1.807) is 30.3 Å². The number of fused-ring (bicyclic) bond motifs is 1. The van der Waals surface area contributed by atoms with E-state index < -0.39 is 5.82 Å². The normalized spacial score (nSPS) is 11.5. The second kappa shape index (κ2) is 6.53. The van der Waals surface area contributed by atoms with Gasteiger partial charge < -0.3 is 10.2 Å². The molecular weight excluding hydrogens is 347 g/mol. The maximum Gasteiger partial charge on any atom is 0.226 e. The summed E-state index contributed by atoms with van der Waals surface area (Å²) in [6.45, 7) is 1.83. The van der Waals surface area contributed by atoms with Crippen molar-refractivity contribution in [2.45, 2.75) is 6.92 Å². The summed E-state index contributed by atoms with van der Waals surface area (Å²) in [5.41, 5.74) is 1.91. The SMILES string of the molecule is Cc1cccc(-n2c(O)c(N=Nc3ccc(O)cc3)c3ccc(F)cc32)n1. The topological polar surface area (TPSA) is 83.0 Å². The van der Waals surface area contributed by atoms with Gasteiger partial charge in [0.1, 0.15) is 17.4 Å². The highest BCUT2D eigenvalue weighted by molar-refractivity contribution is 5.96. The molecule has 2 heterocycles. The number of halogens is 1. The first kappa shape index (κ1) is 16.7. The molecule has 4 rings (SSSR count). The van der Waals surface area contributed by atoms with Gasteiger partial charge in [-0.05, 0) is 61.5 Å². The molecule has 134 valence electrons. The number of azo groups is 1. The van der Waals surface area contributed by atoms with Crippen LogP contribution in [0.2, 0.25) is 0 Å². The molecule has 0 amide bonds. The lowest BCUT2D eigenvalue weighted by Crippen LogP contribution is -1.97. The zero-order valence-electron chi connectivity index (χ0n) is 14.3. The first-order valence-electron chi connectivity index (χ1n) is 8.20. The molecule has 7 heteroatoms. The monoisotopic (exact) mass is 362 g/mol. The zero-order valence-corrected chi connectivity index (χ0v) is 14.3. The van der Waals surface area contributed by atoms with Gasteiger partial charge in [-0.3, -0.25) is 4.57 Å². The van der Waals surface area contributed by atoms with Gasteiger partial charge in [-0.2, -0.15) is 5.11 Å². The average molecular weight is 362 g/mol. The fourth-order valence-corrected chi connectivity index (χ4v) is 2.84. The van der Waals surface area contributed by atoms with Gasteiger partial charge in [-0.15, -0.1) is 5.11 Å². The summed E-state index contributed by atoms with van der Waals surface area (Å²) in [5.74, 6) is -0.0456. The highest BCUT2D eigenvalue weighted by atomic mass is 19.1. The molecule has 0 fully saturated rings. The third kappa shape index (κ3) is 3.10. The molecule has 2 aromatic carbocycles. The number of hydrogen-bond donors (Lipinski definition) is 2. The minimum atomic E-state index is -0.434. The van der Waals surface area contributed by atoms with Crippen molar-refractivity contribution in [2.75, 3.05) is 0 Å². The molecule has 0 aliphatic heterocycles. The number of aromatic nitrogens is 2. The third-order valence-corrected chi connectivity index (χ3v) is 4.10. The maximum absolute atomic E-state index is 13.8. The van der Waals surface area contributed by atoms with E-state index in [4.69, 9.17) is 0 Å². The predicted molar refractivity (Wildman–Crippen MR) is 99.7 cm³/mol. The molecule has 2 N–H and O–H groups in total. The number of nitrogens with zero attached hydrogens (tertiary/aromatic N) is 4. The van der Waals surface area contributed by atoms with Gasteiger partial charge >= 0.3 is 0 Å². The Morgan fingerprint density at radius 1 is 0.963 bits per heavy atom. The quantitative estimate of drug-likeness (QED) is 0.485. The van der Waals surface area contributed by atoms with Crippen LogP contribution in [-0.2, 0) is 0 Å². The summed E-state index contributed by atoms with van der Waals surface area (Å²) in [6, 6.07) is 15.7. The highest BCUT2D eigenvalue weighted by Crippen LogP contribution is 2.41. The van der Waals surface area contributed by atoms with Crippen LogP contribution in [-0.4, -0.2) is 19.8 Å². The lowest BCUT2D eigenvalue weighted by atomic mass is 10.2. The second-order valence-electron chi connectivity index (χ2n) is 6.02. The van der Waals surface area contributed by atoms with Crippen molar-refractivity contribution in [3.8, 4) is 17.4 Å². The summed E-state index contributed by atoms with van der Waals surface area (Å²) >= 11 is 0. The Hall–Kier alpha value is -3.74. The lowest BCUT2D eigenvalue weighted by molar-refractivity contribution is 0.445. The number of pyridine rings is 1. The summed E-state index contributed by atoms with van der Waals surface area (Å²) in [4.78, 5) is 4.41. The molecule has 27 heavy (non-hydrogen) atoms. The van der Waals surface area contributed by atoms with Crippen LogP contribution in [0, 0.1) is 12.7 Å². The summed E-state index contributed by atoms with van der Waals surface area (Å²) in [7, 11) is 0. The first-order valence-corrected chi connectivity index (χ1v) is 8.20. The number of hydrogen-bond acceptors (Lipinski definition) is 5. The molecule has 0 atom stereocenters. The standard InChI is InChI=1S/C20H15FN4O2/c1-12-3-2-4-18(22-12)25-17-11-13(21)5-10-16(17)19(20(25)27)24-23-14-6-8-15(26)9-7-14/h2-11,26-27H,1H3. The Morgan fingerprint density at radius 2 is 1.74 bits per heavy atom. The van der Waals surface area contributed by atoms with Crippen LogP contribution in [0.3, 0.4) is 0 Å². The van der Waals surface area contributed by atoms with Gasteiger partial charge in [-0.25, -0.2) is 9.37 Å². The number of aromatic hydroxyl groups is 2. The van der Waals surface area contributed by atoms with Crippen LogP contribution < -0.4 is 0 Å². The molecule has 0 spiro atoms. The zero-order chi connectivity index (χ0) is 19.0. The largest absolute Gasteiger partial charge is 0.508 e. The summed E-state index contributed by atoms with van der Waals surface area (Å²) in [5, 5.41) is 28.9. The Balaban J connectivity index is 1.91. The van der Waals surface area contributed by atoms with E-state index in [-0.39, 0.29) is 17.3 Å². The van der Waals surface area contributed by atoms with Crippen molar-refractivity contribution in [3.05, 3.63) is 72.2 Å². The van der Waals surface area contributed by atoms with E-state index in [1.165, 1.54) is 28.8 Å². The van der Waals surface area contributed by atoms with Gasteiger partial charge in [0.15, 0.2) is 5.69 Å². The minimum absolute atomic E-state index is 0.120. The highest BCUT2D eigenvalue weighted by Gasteiger charge is 2.19. The first-order chi connectivity index (χ1) is 13.0. The van der Waals surface area contributed by atoms with E-state index in [0.717, 1.165) is 5.69 Å². The maximum atomic E-state index is 13.8. The molecule has 0 bridgehead atoms. The van der Waals surface area contributed by atoms with E-state index in [9.17, 15) is 14.6 Å². The van der Waals surface area contributed by atoms with Gasteiger partial charge in [0.2, 0.25) is 5.88 Å². The minimum Gasteiger partial charge on any atom is -0.508 e. The van der Waals surface area contributed by atoms with Crippen LogP contribution >= 0.6 is 0 Å².